The smallest absolute Gasteiger partial charge is 0.397 e. The second-order valence-electron chi connectivity index (χ2n) is 9.16. The molecule has 1 atom stereocenters. The maximum atomic E-state index is 12.8. The van der Waals surface area contributed by atoms with Crippen LogP contribution >= 0.6 is 12.3 Å². The van der Waals surface area contributed by atoms with Crippen molar-refractivity contribution in [3.05, 3.63) is 48.5 Å². The van der Waals surface area contributed by atoms with E-state index in [9.17, 15) is 29.5 Å². The molecule has 0 aliphatic carbocycles. The average molecular weight is 819 g/mol. The maximum Gasteiger partial charge on any atom is 0.397 e. The molecule has 28 heteroatoms. The zero-order chi connectivity index (χ0) is 37.8. The summed E-state index contributed by atoms with van der Waals surface area (Å²) in [6.45, 7) is -0.899. The number of hydrogen-bond acceptors (Lipinski definition) is 23. The van der Waals surface area contributed by atoms with Crippen LogP contribution in [0.3, 0.4) is 0 Å². The van der Waals surface area contributed by atoms with Crippen molar-refractivity contribution in [2.75, 3.05) is 42.4 Å². The van der Waals surface area contributed by atoms with Gasteiger partial charge in [-0.2, -0.15) is 8.42 Å². The molecule has 0 radical (unpaired) electrons. The lowest BCUT2D eigenvalue weighted by molar-refractivity contribution is -0.434. The van der Waals surface area contributed by atoms with Crippen molar-refractivity contribution < 1.29 is 76.4 Å². The first kappa shape index (κ1) is 41.5. The summed E-state index contributed by atoms with van der Waals surface area (Å²) in [5.74, 6) is -2.23. The van der Waals surface area contributed by atoms with E-state index in [4.69, 9.17) is 35.5 Å². The first-order valence-electron chi connectivity index (χ1n) is 13.1. The van der Waals surface area contributed by atoms with Gasteiger partial charge < -0.3 is 20.4 Å². The van der Waals surface area contributed by atoms with Crippen molar-refractivity contribution in [2.45, 2.75) is 9.79 Å². The molecular formula is C23H26N6O17S5. The van der Waals surface area contributed by atoms with Crippen LogP contribution in [0, 0.1) is 0 Å². The Morgan fingerprint density at radius 1 is 0.745 bits per heavy atom. The van der Waals surface area contributed by atoms with Crippen molar-refractivity contribution in [2.24, 2.45) is 20.5 Å². The highest BCUT2D eigenvalue weighted by Crippen LogP contribution is 2.39. The van der Waals surface area contributed by atoms with E-state index in [0.29, 0.717) is 0 Å². The van der Waals surface area contributed by atoms with Crippen molar-refractivity contribution in [3.63, 3.8) is 0 Å². The molecular weight excluding hydrogens is 793 g/mol. The summed E-state index contributed by atoms with van der Waals surface area (Å²) in [4.78, 5) is -0.639. The molecule has 3 aromatic carbocycles. The lowest BCUT2D eigenvalue weighted by Gasteiger charge is -2.09. The predicted octanol–water partition coefficient (Wildman–Crippen LogP) is 3.51. The zero-order valence-corrected chi connectivity index (χ0v) is 29.6. The maximum absolute atomic E-state index is 12.8. The van der Waals surface area contributed by atoms with Gasteiger partial charge in [-0.3, -0.25) is 4.55 Å². The van der Waals surface area contributed by atoms with Gasteiger partial charge in [0.05, 0.1) is 52.1 Å². The average Bonchev–Trinajstić information content (AvgIpc) is 3.06. The molecule has 0 saturated carbocycles. The number of nitrogen functional groups attached to an aromatic ring is 2. The molecule has 1 unspecified atom stereocenters. The summed E-state index contributed by atoms with van der Waals surface area (Å²) in [5.41, 5.74) is 11.9. The van der Waals surface area contributed by atoms with Gasteiger partial charge >= 0.3 is 10.4 Å². The third kappa shape index (κ3) is 12.7. The molecule has 51 heavy (non-hydrogen) atoms. The lowest BCUT2D eigenvalue weighted by atomic mass is 10.2. The molecule has 23 nitrogen and oxygen atoms in total. The van der Waals surface area contributed by atoms with Gasteiger partial charge in [0, 0.05) is 6.07 Å². The number of methoxy groups -OCH3 is 1. The summed E-state index contributed by atoms with van der Waals surface area (Å²) < 4.78 is 115. The van der Waals surface area contributed by atoms with E-state index in [1.807, 2.05) is 0 Å². The Bertz CT molecular complexity index is 2120. The fraction of sp³-hybridized carbons (Fsp3) is 0.217. The Morgan fingerprint density at radius 3 is 1.94 bits per heavy atom. The number of rotatable bonds is 20. The second kappa shape index (κ2) is 18.5. The van der Waals surface area contributed by atoms with Crippen LogP contribution in [0.2, 0.25) is 0 Å². The van der Waals surface area contributed by atoms with Crippen LogP contribution in [0.4, 0.5) is 34.1 Å². The highest BCUT2D eigenvalue weighted by molar-refractivity contribution is 7.92. The Labute approximate surface area is 295 Å². The monoisotopic (exact) mass is 818 g/mol. The van der Waals surface area contributed by atoms with Crippen LogP contribution in [0.25, 0.3) is 0 Å². The largest absolute Gasteiger partial charge is 0.494 e. The van der Waals surface area contributed by atoms with E-state index >= 15 is 0 Å². The summed E-state index contributed by atoms with van der Waals surface area (Å²) in [7, 11) is -11.8. The highest BCUT2D eigenvalue weighted by Gasteiger charge is 2.21. The van der Waals surface area contributed by atoms with Gasteiger partial charge in [-0.1, -0.05) is 14.4 Å². The Hall–Kier alpha value is -3.91. The topological polar surface area (TPSA) is 346 Å². The van der Waals surface area contributed by atoms with Crippen LogP contribution in [0.5, 0.6) is 11.5 Å². The summed E-state index contributed by atoms with van der Waals surface area (Å²) in [6.07, 6.45) is 0. The van der Waals surface area contributed by atoms with E-state index in [1.165, 1.54) is 31.4 Å². The van der Waals surface area contributed by atoms with Crippen molar-refractivity contribution in [1.82, 2.24) is 0 Å². The number of anilines is 2. The van der Waals surface area contributed by atoms with Gasteiger partial charge in [-0.05, 0) is 42.5 Å². The van der Waals surface area contributed by atoms with E-state index in [2.05, 4.69) is 43.4 Å². The minimum absolute atomic E-state index is 0.000673. The van der Waals surface area contributed by atoms with Crippen LogP contribution in [-0.4, -0.2) is 75.5 Å². The molecule has 3 rings (SSSR count). The summed E-state index contributed by atoms with van der Waals surface area (Å²) in [5, 5.41) is 39.4. The van der Waals surface area contributed by atoms with Gasteiger partial charge in [0.15, 0.2) is 36.5 Å². The Kier molecular flexibility index (Phi) is 15.1. The fourth-order valence-corrected chi connectivity index (χ4v) is 7.69. The minimum atomic E-state index is -4.89. The molecule has 0 amide bonds. The van der Waals surface area contributed by atoms with Crippen LogP contribution in [0.1, 0.15) is 0 Å². The first-order chi connectivity index (χ1) is 24.0. The molecule has 0 fully saturated rings. The fourth-order valence-electron chi connectivity index (χ4n) is 3.57. The van der Waals surface area contributed by atoms with Gasteiger partial charge in [0.2, 0.25) is 0 Å². The first-order valence-corrected chi connectivity index (χ1v) is 19.7. The highest BCUT2D eigenvalue weighted by atomic mass is 32.3. The Morgan fingerprint density at radius 2 is 1.33 bits per heavy atom. The van der Waals surface area contributed by atoms with E-state index in [0.717, 1.165) is 24.3 Å². The number of sulfone groups is 2. The molecule has 0 aromatic heterocycles. The molecule has 0 bridgehead atoms. The van der Waals surface area contributed by atoms with Gasteiger partial charge in [0.1, 0.15) is 28.5 Å². The number of benzene rings is 3. The van der Waals surface area contributed by atoms with Crippen molar-refractivity contribution >= 4 is 87.6 Å². The van der Waals surface area contributed by atoms with Crippen molar-refractivity contribution in [3.8, 4) is 11.5 Å². The molecule has 280 valence electrons. The molecule has 0 heterocycles. The SMILES string of the molecule is COc1ccc(S(=O)(=O)CCS(=O)OOO)cc1N=Nc1cc(N=Nc2ccc(S(=O)(=O)CCOS(=O)(=O)O)cc2OSOOO)c(N)cc1N. The van der Waals surface area contributed by atoms with Crippen LogP contribution < -0.4 is 20.4 Å². The van der Waals surface area contributed by atoms with Crippen LogP contribution in [0.15, 0.2) is 78.8 Å². The molecule has 0 aliphatic rings. The normalized spacial score (nSPS) is 13.2. The molecule has 0 saturated heterocycles. The Balaban J connectivity index is 1.93. The third-order valence-electron chi connectivity index (χ3n) is 5.90. The lowest BCUT2D eigenvalue weighted by Crippen LogP contribution is -2.15. The van der Waals surface area contributed by atoms with E-state index < -0.39 is 69.9 Å². The van der Waals surface area contributed by atoms with E-state index in [1.54, 1.807) is 0 Å². The summed E-state index contributed by atoms with van der Waals surface area (Å²) in [6, 6.07) is 9.35. The number of hydrogen-bond donors (Lipinski definition) is 5. The molecule has 3 aromatic rings. The number of nitrogens with two attached hydrogens (primary N) is 2. The standard InChI is InChI=1S/C23H26N6O17S5/c1-40-22-5-3-14(50(35,36)9-7-48(32)46-44-31)10-21(22)29-28-20-13-19(16(24)12-17(20)25)27-26-18-4-2-15(11-23(18)42-47-45-43-30)49(33,34)8-6-41-51(37,38)39/h2-5,10-13,30-31H,6-9,24-25H2,1H3,(H,37,38,39). The van der Waals surface area contributed by atoms with Gasteiger partial charge in [-0.25, -0.2) is 35.7 Å². The zero-order valence-electron chi connectivity index (χ0n) is 25.5. The number of nitrogens with zero attached hydrogens (tertiary/aromatic N) is 4. The molecule has 0 spiro atoms. The molecule has 7 N–H and O–H groups in total. The van der Waals surface area contributed by atoms with Crippen LogP contribution in [-0.2, 0) is 64.1 Å². The number of ether oxygens (including phenoxy) is 1. The summed E-state index contributed by atoms with van der Waals surface area (Å²) >= 11 is -2.20. The quantitative estimate of drug-likeness (QED) is 0.0207. The van der Waals surface area contributed by atoms with Gasteiger partial charge in [-0.15, -0.1) is 24.8 Å². The van der Waals surface area contributed by atoms with Gasteiger partial charge in [0.25, 0.3) is 12.3 Å². The number of azo groups is 2. The van der Waals surface area contributed by atoms with E-state index in [-0.39, 0.29) is 62.8 Å². The van der Waals surface area contributed by atoms with Crippen molar-refractivity contribution in [1.29, 1.82) is 0 Å². The second-order valence-corrected chi connectivity index (χ2v) is 16.1. The predicted molar refractivity (Wildman–Crippen MR) is 175 cm³/mol. The molecule has 0 aliphatic heterocycles. The third-order valence-corrected chi connectivity index (χ3v) is 11.1. The minimum Gasteiger partial charge on any atom is -0.494 e.